The first-order chi connectivity index (χ1) is 11.0. The number of carbonyl (C=O) groups is 1. The minimum atomic E-state index is -0.315. The Labute approximate surface area is 143 Å². The zero-order valence-corrected chi connectivity index (χ0v) is 14.7. The predicted molar refractivity (Wildman–Crippen MR) is 93.7 cm³/mol. The summed E-state index contributed by atoms with van der Waals surface area (Å²) in [6, 6.07) is 6.55. The zero-order valence-electron chi connectivity index (χ0n) is 13.1. The van der Waals surface area contributed by atoms with Crippen LogP contribution in [0.25, 0.3) is 11.0 Å². The number of hydrogen-bond acceptors (Lipinski definition) is 3. The summed E-state index contributed by atoms with van der Waals surface area (Å²) in [5.41, 5.74) is 0.221. The maximum atomic E-state index is 12.4. The number of benzene rings is 1. The van der Waals surface area contributed by atoms with Crippen molar-refractivity contribution in [3.8, 4) is 0 Å². The lowest BCUT2D eigenvalue weighted by atomic mass is 9.84. The SMILES string of the molecule is C[C@H](NC(=O)c1cc(=O)c2cc(Br)ccc2o1)C1CCCCC1. The molecule has 0 saturated heterocycles. The number of nitrogens with one attached hydrogen (secondary N) is 1. The van der Waals surface area contributed by atoms with Crippen molar-refractivity contribution in [2.75, 3.05) is 0 Å². The van der Waals surface area contributed by atoms with Crippen molar-refractivity contribution < 1.29 is 9.21 Å². The van der Waals surface area contributed by atoms with Gasteiger partial charge in [-0.2, -0.15) is 0 Å². The molecule has 23 heavy (non-hydrogen) atoms. The molecular weight excluding hydrogens is 358 g/mol. The second-order valence-corrected chi connectivity index (χ2v) is 7.19. The summed E-state index contributed by atoms with van der Waals surface area (Å²) in [6.07, 6.45) is 6.04. The van der Waals surface area contributed by atoms with Gasteiger partial charge < -0.3 is 9.73 Å². The summed E-state index contributed by atoms with van der Waals surface area (Å²) in [4.78, 5) is 24.6. The lowest BCUT2D eigenvalue weighted by molar-refractivity contribution is 0.0891. The molecule has 1 atom stereocenters. The molecule has 0 aliphatic heterocycles. The normalized spacial score (nSPS) is 17.1. The molecule has 1 heterocycles. The van der Waals surface area contributed by atoms with Crippen molar-refractivity contribution in [3.05, 3.63) is 44.7 Å². The number of rotatable bonds is 3. The van der Waals surface area contributed by atoms with Gasteiger partial charge in [0.15, 0.2) is 11.2 Å². The van der Waals surface area contributed by atoms with Crippen molar-refractivity contribution in [3.63, 3.8) is 0 Å². The summed E-state index contributed by atoms with van der Waals surface area (Å²) < 4.78 is 6.42. The molecule has 1 saturated carbocycles. The molecule has 1 aromatic carbocycles. The number of fused-ring (bicyclic) bond motifs is 1. The molecule has 2 aromatic rings. The summed E-state index contributed by atoms with van der Waals surface area (Å²) >= 11 is 3.33. The summed E-state index contributed by atoms with van der Waals surface area (Å²) in [5.74, 6) is 0.272. The Hall–Kier alpha value is -1.62. The molecule has 1 fully saturated rings. The second-order valence-electron chi connectivity index (χ2n) is 6.28. The predicted octanol–water partition coefficient (Wildman–Crippen LogP) is 4.25. The molecule has 1 aliphatic rings. The molecule has 3 rings (SSSR count). The van der Waals surface area contributed by atoms with Crippen LogP contribution in [0.2, 0.25) is 0 Å². The molecule has 1 aliphatic carbocycles. The van der Waals surface area contributed by atoms with Gasteiger partial charge >= 0.3 is 0 Å². The fourth-order valence-electron chi connectivity index (χ4n) is 3.27. The van der Waals surface area contributed by atoms with E-state index < -0.39 is 0 Å². The van der Waals surface area contributed by atoms with Crippen LogP contribution in [0.4, 0.5) is 0 Å². The average molecular weight is 378 g/mol. The number of amides is 1. The summed E-state index contributed by atoms with van der Waals surface area (Å²) in [6.45, 7) is 2.03. The molecule has 0 unspecified atom stereocenters. The van der Waals surface area contributed by atoms with E-state index >= 15 is 0 Å². The number of carbonyl (C=O) groups excluding carboxylic acids is 1. The van der Waals surface area contributed by atoms with Gasteiger partial charge in [0.1, 0.15) is 5.58 Å². The standard InChI is InChI=1S/C18H20BrNO3/c1-11(12-5-3-2-4-6-12)20-18(22)17-10-15(21)14-9-13(19)7-8-16(14)23-17/h7-12H,2-6H2,1H3,(H,20,22)/t11-/m0/s1. The van der Waals surface area contributed by atoms with Gasteiger partial charge in [0, 0.05) is 16.6 Å². The minimum Gasteiger partial charge on any atom is -0.451 e. The molecule has 5 heteroatoms. The van der Waals surface area contributed by atoms with E-state index in [1.54, 1.807) is 18.2 Å². The van der Waals surface area contributed by atoms with Gasteiger partial charge in [-0.05, 0) is 43.9 Å². The highest BCUT2D eigenvalue weighted by atomic mass is 79.9. The summed E-state index contributed by atoms with van der Waals surface area (Å²) in [7, 11) is 0. The third-order valence-electron chi connectivity index (χ3n) is 4.63. The molecule has 1 N–H and O–H groups in total. The molecule has 4 nitrogen and oxygen atoms in total. The first kappa shape index (κ1) is 16.2. The third-order valence-corrected chi connectivity index (χ3v) is 5.12. The Morgan fingerprint density at radius 2 is 2.00 bits per heavy atom. The van der Waals surface area contributed by atoms with Crippen molar-refractivity contribution in [2.45, 2.75) is 45.1 Å². The van der Waals surface area contributed by atoms with E-state index in [0.29, 0.717) is 16.9 Å². The quantitative estimate of drug-likeness (QED) is 0.869. The Morgan fingerprint density at radius 1 is 1.26 bits per heavy atom. The van der Waals surface area contributed by atoms with Crippen LogP contribution in [-0.2, 0) is 0 Å². The highest BCUT2D eigenvalue weighted by molar-refractivity contribution is 9.10. The smallest absolute Gasteiger partial charge is 0.287 e. The first-order valence-electron chi connectivity index (χ1n) is 8.09. The Morgan fingerprint density at radius 3 is 2.74 bits per heavy atom. The van der Waals surface area contributed by atoms with Crippen molar-refractivity contribution in [1.82, 2.24) is 5.32 Å². The maximum Gasteiger partial charge on any atom is 0.287 e. The van der Waals surface area contributed by atoms with Crippen LogP contribution in [0.1, 0.15) is 49.6 Å². The van der Waals surface area contributed by atoms with Gasteiger partial charge in [-0.1, -0.05) is 35.2 Å². The topological polar surface area (TPSA) is 59.3 Å². The molecular formula is C18H20BrNO3. The number of hydrogen-bond donors (Lipinski definition) is 1. The van der Waals surface area contributed by atoms with Gasteiger partial charge in [0.2, 0.25) is 0 Å². The van der Waals surface area contributed by atoms with Crippen LogP contribution in [0.3, 0.4) is 0 Å². The largest absolute Gasteiger partial charge is 0.451 e. The fraction of sp³-hybridized carbons (Fsp3) is 0.444. The molecule has 0 spiro atoms. The summed E-state index contributed by atoms with van der Waals surface area (Å²) in [5, 5.41) is 3.46. The molecule has 1 aromatic heterocycles. The fourth-order valence-corrected chi connectivity index (χ4v) is 3.63. The van der Waals surface area contributed by atoms with E-state index in [1.165, 1.54) is 25.3 Å². The third kappa shape index (κ3) is 3.66. The van der Waals surface area contributed by atoms with Gasteiger partial charge in [-0.3, -0.25) is 9.59 Å². The zero-order chi connectivity index (χ0) is 16.4. The molecule has 0 bridgehead atoms. The molecule has 1 amide bonds. The van der Waals surface area contributed by atoms with Crippen LogP contribution in [0.15, 0.2) is 37.9 Å². The molecule has 0 radical (unpaired) electrons. The molecule has 122 valence electrons. The monoisotopic (exact) mass is 377 g/mol. The van der Waals surface area contributed by atoms with Gasteiger partial charge in [-0.25, -0.2) is 0 Å². The van der Waals surface area contributed by atoms with Crippen molar-refractivity contribution >= 4 is 32.8 Å². The first-order valence-corrected chi connectivity index (χ1v) is 8.88. The van der Waals surface area contributed by atoms with Gasteiger partial charge in [0.25, 0.3) is 5.91 Å². The average Bonchev–Trinajstić information content (AvgIpc) is 2.56. The van der Waals surface area contributed by atoms with Gasteiger partial charge in [0.05, 0.1) is 5.39 Å². The Kier molecular flexibility index (Phi) is 4.85. The van der Waals surface area contributed by atoms with Crippen LogP contribution < -0.4 is 10.7 Å². The van der Waals surface area contributed by atoms with E-state index in [9.17, 15) is 9.59 Å². The lowest BCUT2D eigenvalue weighted by Crippen LogP contribution is -2.39. The van der Waals surface area contributed by atoms with Crippen LogP contribution in [-0.4, -0.2) is 11.9 Å². The van der Waals surface area contributed by atoms with E-state index in [2.05, 4.69) is 21.2 Å². The Balaban J connectivity index is 1.80. The van der Waals surface area contributed by atoms with E-state index in [-0.39, 0.29) is 23.1 Å². The van der Waals surface area contributed by atoms with Crippen molar-refractivity contribution in [2.24, 2.45) is 5.92 Å². The lowest BCUT2D eigenvalue weighted by Gasteiger charge is -2.28. The number of halogens is 1. The van der Waals surface area contributed by atoms with Crippen LogP contribution in [0.5, 0.6) is 0 Å². The highest BCUT2D eigenvalue weighted by Crippen LogP contribution is 2.26. The minimum absolute atomic E-state index is 0.0764. The van der Waals surface area contributed by atoms with E-state index in [1.807, 2.05) is 6.92 Å². The van der Waals surface area contributed by atoms with Crippen LogP contribution in [0, 0.1) is 5.92 Å². The van der Waals surface area contributed by atoms with Gasteiger partial charge in [-0.15, -0.1) is 0 Å². The van der Waals surface area contributed by atoms with Crippen LogP contribution >= 0.6 is 15.9 Å². The maximum absolute atomic E-state index is 12.4. The van der Waals surface area contributed by atoms with Crippen molar-refractivity contribution in [1.29, 1.82) is 0 Å². The van der Waals surface area contributed by atoms with E-state index in [0.717, 1.165) is 17.3 Å². The Bertz CT molecular complexity index is 777. The highest BCUT2D eigenvalue weighted by Gasteiger charge is 2.23. The second kappa shape index (κ2) is 6.87. The van der Waals surface area contributed by atoms with E-state index in [4.69, 9.17) is 4.42 Å².